The Morgan fingerprint density at radius 3 is 2.64 bits per heavy atom. The van der Waals surface area contributed by atoms with Gasteiger partial charge >= 0.3 is 0 Å². The van der Waals surface area contributed by atoms with Crippen molar-refractivity contribution in [3.05, 3.63) is 54.8 Å². The summed E-state index contributed by atoms with van der Waals surface area (Å²) in [7, 11) is 0. The number of amides is 1. The van der Waals surface area contributed by atoms with E-state index in [-0.39, 0.29) is 15.7 Å². The first-order chi connectivity index (χ1) is 13.0. The lowest BCUT2D eigenvalue weighted by Gasteiger charge is -2.28. The van der Waals surface area contributed by atoms with E-state index >= 15 is 0 Å². The van der Waals surface area contributed by atoms with Crippen molar-refractivity contribution in [3.8, 4) is 0 Å². The van der Waals surface area contributed by atoms with Crippen molar-refractivity contribution in [1.29, 1.82) is 0 Å². The van der Waals surface area contributed by atoms with Gasteiger partial charge in [-0.15, -0.1) is 0 Å². The van der Waals surface area contributed by atoms with Gasteiger partial charge in [0.05, 0.1) is 33.0 Å². The van der Waals surface area contributed by atoms with Crippen molar-refractivity contribution in [3.63, 3.8) is 0 Å². The molecule has 152 valence electrons. The minimum atomic E-state index is -1.24. The van der Waals surface area contributed by atoms with Gasteiger partial charge in [0, 0.05) is 3.57 Å². The Balaban J connectivity index is 2.30. The quantitative estimate of drug-likeness (QED) is 0.285. The maximum atomic E-state index is 14.1. The van der Waals surface area contributed by atoms with E-state index in [4.69, 9.17) is 21.5 Å². The molecular weight excluding hydrogens is 569 g/mol. The fourth-order valence-corrected chi connectivity index (χ4v) is 3.34. The minimum absolute atomic E-state index is 0.0807. The van der Waals surface area contributed by atoms with Crippen LogP contribution in [-0.4, -0.2) is 34.4 Å². The monoisotopic (exact) mass is 586 g/mol. The molecule has 0 aliphatic carbocycles. The Labute approximate surface area is 188 Å². The molecule has 6 nitrogen and oxygen atoms in total. The first kappa shape index (κ1) is 23.3. The van der Waals surface area contributed by atoms with Gasteiger partial charge < -0.3 is 15.5 Å². The summed E-state index contributed by atoms with van der Waals surface area (Å²) in [5.74, 6) is -1.25. The number of anilines is 2. The Morgan fingerprint density at radius 2 is 2.04 bits per heavy atom. The van der Waals surface area contributed by atoms with Gasteiger partial charge in [-0.2, -0.15) is 0 Å². The van der Waals surface area contributed by atoms with Crippen LogP contribution in [0.1, 0.15) is 24.2 Å². The second-order valence-electron chi connectivity index (χ2n) is 6.40. The number of rotatable bonds is 7. The number of hydroxylamine groups is 1. The Morgan fingerprint density at radius 1 is 1.36 bits per heavy atom. The molecule has 1 unspecified atom stereocenters. The average Bonchev–Trinajstić information content (AvgIpc) is 2.64. The van der Waals surface area contributed by atoms with Gasteiger partial charge in [0.1, 0.15) is 17.5 Å². The van der Waals surface area contributed by atoms with Gasteiger partial charge in [-0.1, -0.05) is 11.6 Å². The highest BCUT2D eigenvalue weighted by atomic mass is 127. The highest BCUT2D eigenvalue weighted by molar-refractivity contribution is 14.1. The number of benzene rings is 2. The summed E-state index contributed by atoms with van der Waals surface area (Å²) in [5, 5.41) is 22.2. The SMILES string of the molecule is CC(C)(ONC(=O)c1cc(Br)c(F)cc1Nc1ccc(I)cc1Cl)C(O)CO. The summed E-state index contributed by atoms with van der Waals surface area (Å²) in [6, 6.07) is 7.70. The third-order valence-corrected chi connectivity index (χ3v) is 5.48. The minimum Gasteiger partial charge on any atom is -0.394 e. The van der Waals surface area contributed by atoms with E-state index in [1.54, 1.807) is 12.1 Å². The maximum Gasteiger partial charge on any atom is 0.277 e. The lowest BCUT2D eigenvalue weighted by molar-refractivity contribution is -0.144. The Hall–Kier alpha value is -0.980. The van der Waals surface area contributed by atoms with Crippen molar-refractivity contribution in [1.82, 2.24) is 5.48 Å². The van der Waals surface area contributed by atoms with Crippen molar-refractivity contribution < 1.29 is 24.2 Å². The van der Waals surface area contributed by atoms with Gasteiger partial charge in [-0.05, 0) is 82.7 Å². The lowest BCUT2D eigenvalue weighted by Crippen LogP contribution is -2.46. The molecule has 2 aromatic rings. The Bertz CT molecular complexity index is 885. The largest absolute Gasteiger partial charge is 0.394 e. The molecule has 0 spiro atoms. The summed E-state index contributed by atoms with van der Waals surface area (Å²) in [4.78, 5) is 17.9. The molecule has 2 aromatic carbocycles. The van der Waals surface area contributed by atoms with Gasteiger partial charge in [-0.3, -0.25) is 9.63 Å². The van der Waals surface area contributed by atoms with Crippen LogP contribution in [0.15, 0.2) is 34.8 Å². The fourth-order valence-electron chi connectivity index (χ4n) is 2.09. The maximum absolute atomic E-state index is 14.1. The van der Waals surface area contributed by atoms with E-state index < -0.39 is 30.0 Å². The van der Waals surface area contributed by atoms with Gasteiger partial charge in [0.15, 0.2) is 0 Å². The molecule has 1 atom stereocenters. The molecule has 0 heterocycles. The first-order valence-electron chi connectivity index (χ1n) is 8.03. The van der Waals surface area contributed by atoms with E-state index in [1.807, 2.05) is 6.07 Å². The molecule has 2 rings (SSSR count). The summed E-state index contributed by atoms with van der Waals surface area (Å²) < 4.78 is 15.1. The standard InChI is InChI=1S/C18H18BrClFIN2O4/c1-18(2,16(26)8-25)28-24-17(27)10-6-11(19)13(21)7-15(10)23-14-4-3-9(22)5-12(14)20/h3-7,16,23,25-26H,8H2,1-2H3,(H,24,27). The van der Waals surface area contributed by atoms with Crippen LogP contribution in [0.25, 0.3) is 0 Å². The van der Waals surface area contributed by atoms with Crippen LogP contribution >= 0.6 is 50.1 Å². The number of aliphatic hydroxyl groups is 2. The van der Waals surface area contributed by atoms with Crippen molar-refractivity contribution in [2.45, 2.75) is 25.6 Å². The molecular formula is C18H18BrClFIN2O4. The zero-order valence-electron chi connectivity index (χ0n) is 14.9. The van der Waals surface area contributed by atoms with Crippen LogP contribution in [0.4, 0.5) is 15.8 Å². The Kier molecular flexibility index (Phi) is 8.06. The normalized spacial score (nSPS) is 12.6. The van der Waals surface area contributed by atoms with Crippen LogP contribution in [-0.2, 0) is 4.84 Å². The van der Waals surface area contributed by atoms with Crippen molar-refractivity contribution in [2.75, 3.05) is 11.9 Å². The van der Waals surface area contributed by atoms with Crippen LogP contribution in [0.3, 0.4) is 0 Å². The molecule has 0 aliphatic heterocycles. The van der Waals surface area contributed by atoms with E-state index in [0.29, 0.717) is 10.7 Å². The smallest absolute Gasteiger partial charge is 0.277 e. The summed E-state index contributed by atoms with van der Waals surface area (Å²) >= 11 is 11.4. The lowest BCUT2D eigenvalue weighted by atomic mass is 10.0. The first-order valence-corrected chi connectivity index (χ1v) is 10.3. The molecule has 10 heteroatoms. The number of aliphatic hydroxyl groups excluding tert-OH is 2. The van der Waals surface area contributed by atoms with Crippen LogP contribution in [0, 0.1) is 9.39 Å². The molecule has 0 saturated carbocycles. The number of halogens is 4. The van der Waals surface area contributed by atoms with Gasteiger partial charge in [0.25, 0.3) is 5.91 Å². The van der Waals surface area contributed by atoms with E-state index in [1.165, 1.54) is 19.9 Å². The molecule has 1 amide bonds. The molecule has 0 aliphatic rings. The number of carbonyl (C=O) groups excluding carboxylic acids is 1. The summed E-state index contributed by atoms with van der Waals surface area (Å²) in [6.45, 7) is 2.46. The predicted octanol–water partition coefficient (Wildman–Crippen LogP) is 4.38. The second kappa shape index (κ2) is 9.68. The topological polar surface area (TPSA) is 90.8 Å². The highest BCUT2D eigenvalue weighted by Gasteiger charge is 2.30. The second-order valence-corrected chi connectivity index (χ2v) is 8.90. The number of hydrogen-bond acceptors (Lipinski definition) is 5. The molecule has 0 radical (unpaired) electrons. The third-order valence-electron chi connectivity index (χ3n) is 3.89. The predicted molar refractivity (Wildman–Crippen MR) is 117 cm³/mol. The molecule has 0 bridgehead atoms. The third kappa shape index (κ3) is 5.77. The van der Waals surface area contributed by atoms with Crippen molar-refractivity contribution in [2.24, 2.45) is 0 Å². The van der Waals surface area contributed by atoms with E-state index in [0.717, 1.165) is 9.64 Å². The molecule has 28 heavy (non-hydrogen) atoms. The zero-order valence-corrected chi connectivity index (χ0v) is 19.4. The zero-order chi connectivity index (χ0) is 21.1. The van der Waals surface area contributed by atoms with Crippen molar-refractivity contribution >= 4 is 67.4 Å². The summed E-state index contributed by atoms with van der Waals surface area (Å²) in [6.07, 6.45) is -1.21. The average molecular weight is 588 g/mol. The molecule has 0 saturated heterocycles. The molecule has 4 N–H and O–H groups in total. The van der Waals surface area contributed by atoms with E-state index in [9.17, 15) is 14.3 Å². The van der Waals surface area contributed by atoms with E-state index in [2.05, 4.69) is 49.3 Å². The molecule has 0 aromatic heterocycles. The highest BCUT2D eigenvalue weighted by Crippen LogP contribution is 2.31. The fraction of sp³-hybridized carbons (Fsp3) is 0.278. The number of nitrogens with one attached hydrogen (secondary N) is 2. The van der Waals surface area contributed by atoms with Crippen LogP contribution in [0.2, 0.25) is 5.02 Å². The van der Waals surface area contributed by atoms with Crippen LogP contribution in [0.5, 0.6) is 0 Å². The van der Waals surface area contributed by atoms with Gasteiger partial charge in [0.2, 0.25) is 0 Å². The van der Waals surface area contributed by atoms with Gasteiger partial charge in [-0.25, -0.2) is 9.87 Å². The summed E-state index contributed by atoms with van der Waals surface area (Å²) in [5.41, 5.74) is 1.73. The van der Waals surface area contributed by atoms with Crippen LogP contribution < -0.4 is 10.8 Å². The molecule has 0 fully saturated rings. The number of hydrogen-bond donors (Lipinski definition) is 4. The number of carbonyl (C=O) groups is 1.